The van der Waals surface area contributed by atoms with Crippen LogP contribution in [0.15, 0.2) is 60.9 Å². The van der Waals surface area contributed by atoms with Crippen LogP contribution >= 0.6 is 11.6 Å². The van der Waals surface area contributed by atoms with Gasteiger partial charge in [-0.05, 0) is 59.9 Å². The summed E-state index contributed by atoms with van der Waals surface area (Å²) in [6, 6.07) is 15.4. The average molecular weight is 508 g/mol. The summed E-state index contributed by atoms with van der Waals surface area (Å²) in [5.74, 6) is 1.09. The molecule has 3 aromatic rings. The third-order valence-corrected chi connectivity index (χ3v) is 7.82. The Labute approximate surface area is 218 Å². The summed E-state index contributed by atoms with van der Waals surface area (Å²) in [5, 5.41) is 9.58. The van der Waals surface area contributed by atoms with E-state index < -0.39 is 5.97 Å². The molecule has 1 unspecified atom stereocenters. The first-order chi connectivity index (χ1) is 17.4. The maximum Gasteiger partial charge on any atom is 0.307 e. The van der Waals surface area contributed by atoms with Gasteiger partial charge in [0.25, 0.3) is 0 Å². The average Bonchev–Trinajstić information content (AvgIpc) is 2.88. The predicted octanol–water partition coefficient (Wildman–Crippen LogP) is 6.53. The zero-order valence-electron chi connectivity index (χ0n) is 21.0. The molecule has 0 bridgehead atoms. The number of carboxylic acid groups (broad SMARTS) is 1. The molecule has 190 valence electrons. The molecule has 0 spiro atoms. The molecular weight excluding hydrogens is 474 g/mol. The van der Waals surface area contributed by atoms with E-state index in [4.69, 9.17) is 21.4 Å². The van der Waals surface area contributed by atoms with Crippen LogP contribution in [0.1, 0.15) is 45.1 Å². The van der Waals surface area contributed by atoms with E-state index in [2.05, 4.69) is 40.8 Å². The second-order valence-electron chi connectivity index (χ2n) is 9.76. The van der Waals surface area contributed by atoms with Crippen LogP contribution in [0.4, 0.5) is 5.95 Å². The number of hydrogen-bond acceptors (Lipinski definition) is 5. The number of hydrogen-bond donors (Lipinski definition) is 1. The molecule has 2 aromatic carbocycles. The first-order valence-electron chi connectivity index (χ1n) is 12.6. The number of benzene rings is 2. The molecule has 7 heteroatoms. The van der Waals surface area contributed by atoms with Gasteiger partial charge in [-0.25, -0.2) is 9.97 Å². The summed E-state index contributed by atoms with van der Waals surface area (Å²) in [6.07, 6.45) is 7.89. The Morgan fingerprint density at radius 1 is 1.11 bits per heavy atom. The fourth-order valence-corrected chi connectivity index (χ4v) is 5.44. The summed E-state index contributed by atoms with van der Waals surface area (Å²) >= 11 is 6.19. The number of carbonyl (C=O) groups is 1. The van der Waals surface area contributed by atoms with Crippen LogP contribution in [0.3, 0.4) is 0 Å². The highest BCUT2D eigenvalue weighted by molar-refractivity contribution is 6.30. The SMILES string of the molecule is CCC(C)C1(CCOc2cc(Cl)cc(CC(=O)O)c2)CCN(c2ncc(-c3ccccc3)cn2)CC1. The lowest BCUT2D eigenvalue weighted by atomic mass is 9.66. The van der Waals surface area contributed by atoms with Gasteiger partial charge in [0.05, 0.1) is 13.0 Å². The van der Waals surface area contributed by atoms with Crippen molar-refractivity contribution < 1.29 is 14.6 Å². The molecule has 1 fully saturated rings. The summed E-state index contributed by atoms with van der Waals surface area (Å²) in [6.45, 7) is 6.98. The highest BCUT2D eigenvalue weighted by atomic mass is 35.5. The van der Waals surface area contributed by atoms with Crippen LogP contribution in [0.25, 0.3) is 11.1 Å². The van der Waals surface area contributed by atoms with Crippen LogP contribution in [0.2, 0.25) is 5.02 Å². The number of piperidine rings is 1. The van der Waals surface area contributed by atoms with E-state index in [-0.39, 0.29) is 11.8 Å². The van der Waals surface area contributed by atoms with Crippen molar-refractivity contribution in [2.24, 2.45) is 11.3 Å². The Kier molecular flexibility index (Phi) is 8.47. The Balaban J connectivity index is 1.38. The number of rotatable bonds is 10. The van der Waals surface area contributed by atoms with E-state index in [0.717, 1.165) is 55.8 Å². The van der Waals surface area contributed by atoms with Gasteiger partial charge < -0.3 is 14.7 Å². The number of ether oxygens (including phenoxy) is 1. The summed E-state index contributed by atoms with van der Waals surface area (Å²) < 4.78 is 6.08. The Bertz CT molecular complexity index is 1150. The minimum Gasteiger partial charge on any atom is -0.494 e. The van der Waals surface area contributed by atoms with Crippen molar-refractivity contribution in [3.05, 3.63) is 71.5 Å². The lowest BCUT2D eigenvalue weighted by Gasteiger charge is -2.45. The van der Waals surface area contributed by atoms with Gasteiger partial charge in [0.2, 0.25) is 5.95 Å². The van der Waals surface area contributed by atoms with Crippen molar-refractivity contribution >= 4 is 23.5 Å². The van der Waals surface area contributed by atoms with Crippen molar-refractivity contribution in [3.8, 4) is 16.9 Å². The number of anilines is 1. The second-order valence-corrected chi connectivity index (χ2v) is 10.2. The Morgan fingerprint density at radius 3 is 2.44 bits per heavy atom. The molecule has 0 amide bonds. The smallest absolute Gasteiger partial charge is 0.307 e. The molecule has 0 saturated carbocycles. The van der Waals surface area contributed by atoms with E-state index >= 15 is 0 Å². The van der Waals surface area contributed by atoms with Gasteiger partial charge in [0.1, 0.15) is 5.75 Å². The maximum absolute atomic E-state index is 11.1. The van der Waals surface area contributed by atoms with Gasteiger partial charge in [-0.1, -0.05) is 62.2 Å². The normalized spacial score (nSPS) is 15.9. The van der Waals surface area contributed by atoms with Crippen molar-refractivity contribution in [1.29, 1.82) is 0 Å². The minimum absolute atomic E-state index is 0.0715. The monoisotopic (exact) mass is 507 g/mol. The molecule has 4 rings (SSSR count). The Hall–Kier alpha value is -3.12. The van der Waals surface area contributed by atoms with Gasteiger partial charge in [0.15, 0.2) is 0 Å². The fraction of sp³-hybridized carbons (Fsp3) is 0.414. The molecular formula is C29H34ClN3O3. The first-order valence-corrected chi connectivity index (χ1v) is 13.0. The van der Waals surface area contributed by atoms with Crippen molar-refractivity contribution in [2.75, 3.05) is 24.6 Å². The third kappa shape index (κ3) is 6.35. The first kappa shape index (κ1) is 26.0. The lowest BCUT2D eigenvalue weighted by molar-refractivity contribution is -0.136. The van der Waals surface area contributed by atoms with Crippen LogP contribution in [-0.2, 0) is 11.2 Å². The van der Waals surface area contributed by atoms with Crippen LogP contribution in [-0.4, -0.2) is 40.7 Å². The van der Waals surface area contributed by atoms with Gasteiger partial charge in [-0.2, -0.15) is 0 Å². The molecule has 1 aliphatic heterocycles. The molecule has 1 N–H and O–H groups in total. The molecule has 36 heavy (non-hydrogen) atoms. The van der Waals surface area contributed by atoms with Gasteiger partial charge in [0, 0.05) is 36.1 Å². The van der Waals surface area contributed by atoms with Crippen molar-refractivity contribution in [3.63, 3.8) is 0 Å². The maximum atomic E-state index is 11.1. The minimum atomic E-state index is -0.885. The number of halogens is 1. The molecule has 1 atom stereocenters. The zero-order valence-corrected chi connectivity index (χ0v) is 21.7. The van der Waals surface area contributed by atoms with E-state index in [0.29, 0.717) is 28.9 Å². The third-order valence-electron chi connectivity index (χ3n) is 7.60. The van der Waals surface area contributed by atoms with Crippen LogP contribution in [0, 0.1) is 11.3 Å². The van der Waals surface area contributed by atoms with E-state index in [1.54, 1.807) is 18.2 Å². The second kappa shape index (κ2) is 11.7. The van der Waals surface area contributed by atoms with Gasteiger partial charge >= 0.3 is 5.97 Å². The number of nitrogens with zero attached hydrogens (tertiary/aromatic N) is 3. The van der Waals surface area contributed by atoms with Crippen molar-refractivity contribution in [1.82, 2.24) is 9.97 Å². The molecule has 1 aliphatic rings. The van der Waals surface area contributed by atoms with Crippen molar-refractivity contribution in [2.45, 2.75) is 46.0 Å². The molecule has 2 heterocycles. The molecule has 1 saturated heterocycles. The van der Waals surface area contributed by atoms with E-state index in [1.165, 1.54) is 0 Å². The Morgan fingerprint density at radius 2 is 1.81 bits per heavy atom. The number of aromatic nitrogens is 2. The molecule has 0 radical (unpaired) electrons. The van der Waals surface area contributed by atoms with Gasteiger partial charge in [-0.3, -0.25) is 4.79 Å². The molecule has 1 aromatic heterocycles. The van der Waals surface area contributed by atoms with E-state index in [1.807, 2.05) is 30.6 Å². The van der Waals surface area contributed by atoms with E-state index in [9.17, 15) is 4.79 Å². The number of carboxylic acids is 1. The standard InChI is InChI=1S/C29H34ClN3O3/c1-3-21(2)29(11-14-36-26-16-22(17-27(34)35)15-25(30)18-26)9-12-33(13-10-29)28-31-19-24(20-32-28)23-7-5-4-6-8-23/h4-8,15-16,18-21H,3,9-14,17H2,1-2H3,(H,34,35). The zero-order chi connectivity index (χ0) is 25.5. The van der Waals surface area contributed by atoms with Gasteiger partial charge in [-0.15, -0.1) is 0 Å². The summed E-state index contributed by atoms with van der Waals surface area (Å²) in [4.78, 5) is 22.7. The molecule has 6 nitrogen and oxygen atoms in total. The lowest BCUT2D eigenvalue weighted by Crippen LogP contribution is -2.44. The summed E-state index contributed by atoms with van der Waals surface area (Å²) in [5.41, 5.74) is 2.97. The van der Waals surface area contributed by atoms with Crippen LogP contribution in [0.5, 0.6) is 5.75 Å². The largest absolute Gasteiger partial charge is 0.494 e. The highest BCUT2D eigenvalue weighted by Crippen LogP contribution is 2.44. The summed E-state index contributed by atoms with van der Waals surface area (Å²) in [7, 11) is 0. The molecule has 0 aliphatic carbocycles. The quantitative estimate of drug-likeness (QED) is 0.336. The predicted molar refractivity (Wildman–Crippen MR) is 144 cm³/mol. The highest BCUT2D eigenvalue weighted by Gasteiger charge is 2.39. The van der Waals surface area contributed by atoms with Crippen LogP contribution < -0.4 is 9.64 Å². The fourth-order valence-electron chi connectivity index (χ4n) is 5.19. The number of aliphatic carboxylic acids is 1. The topological polar surface area (TPSA) is 75.6 Å².